The first kappa shape index (κ1) is 21.0. The fourth-order valence-electron chi connectivity index (χ4n) is 3.52. The largest absolute Gasteiger partial charge is 0.387 e. The van der Waals surface area contributed by atoms with Crippen molar-refractivity contribution >= 4 is 45.6 Å². The third-order valence-electron chi connectivity index (χ3n) is 4.72. The highest BCUT2D eigenvalue weighted by atomic mass is 35.5. The number of nitrogens with zero attached hydrogens (tertiary/aromatic N) is 1. The fraction of sp³-hybridized carbons (Fsp3) is 0.364. The Morgan fingerprint density at radius 2 is 1.42 bits per heavy atom. The molecule has 0 fully saturated rings. The van der Waals surface area contributed by atoms with Gasteiger partial charge in [-0.1, -0.05) is 55.8 Å². The monoisotopic (exact) mass is 391 g/mol. The van der Waals surface area contributed by atoms with Crippen LogP contribution in [0.15, 0.2) is 48.5 Å². The maximum Gasteiger partial charge on any atom is 0.0917 e. The van der Waals surface area contributed by atoms with Crippen LogP contribution in [-0.4, -0.2) is 29.6 Å². The summed E-state index contributed by atoms with van der Waals surface area (Å²) in [5.41, 5.74) is 0.970. The summed E-state index contributed by atoms with van der Waals surface area (Å²) in [6.45, 7) is 7.09. The van der Waals surface area contributed by atoms with Crippen molar-refractivity contribution in [1.82, 2.24) is 4.90 Å². The number of halogens is 2. The van der Waals surface area contributed by atoms with Crippen molar-refractivity contribution in [3.8, 4) is 0 Å². The van der Waals surface area contributed by atoms with E-state index >= 15 is 0 Å². The lowest BCUT2D eigenvalue weighted by Gasteiger charge is -2.24. The molecule has 0 bridgehead atoms. The third kappa shape index (κ3) is 4.69. The molecule has 0 spiro atoms. The molecule has 1 unspecified atom stereocenters. The number of benzene rings is 3. The molecule has 1 N–H and O–H groups in total. The van der Waals surface area contributed by atoms with Crippen molar-refractivity contribution in [2.75, 3.05) is 19.6 Å². The summed E-state index contributed by atoms with van der Waals surface area (Å²) in [6.07, 6.45) is 1.73. The smallest absolute Gasteiger partial charge is 0.0917 e. The van der Waals surface area contributed by atoms with E-state index in [1.807, 2.05) is 24.3 Å². The maximum atomic E-state index is 10.8. The minimum absolute atomic E-state index is 0. The average Bonchev–Trinajstić information content (AvgIpc) is 2.61. The van der Waals surface area contributed by atoms with Crippen LogP contribution in [0.3, 0.4) is 0 Å². The Kier molecular flexibility index (Phi) is 7.72. The maximum absolute atomic E-state index is 10.8. The summed E-state index contributed by atoms with van der Waals surface area (Å²) in [4.78, 5) is 2.34. The minimum Gasteiger partial charge on any atom is -0.387 e. The zero-order valence-corrected chi connectivity index (χ0v) is 17.0. The zero-order chi connectivity index (χ0) is 17.8. The Bertz CT molecular complexity index is 859. The average molecular weight is 392 g/mol. The second-order valence-electron chi connectivity index (χ2n) is 6.73. The van der Waals surface area contributed by atoms with Gasteiger partial charge >= 0.3 is 0 Å². The van der Waals surface area contributed by atoms with Gasteiger partial charge in [0.05, 0.1) is 6.10 Å². The number of rotatable bonds is 7. The van der Waals surface area contributed by atoms with Crippen LogP contribution in [0.5, 0.6) is 0 Å². The van der Waals surface area contributed by atoms with Gasteiger partial charge in [0.1, 0.15) is 0 Å². The molecule has 4 heteroatoms. The van der Waals surface area contributed by atoms with Crippen LogP contribution in [0.1, 0.15) is 38.4 Å². The van der Waals surface area contributed by atoms with Gasteiger partial charge < -0.3 is 10.0 Å². The lowest BCUT2D eigenvalue weighted by atomic mass is 9.98. The quantitative estimate of drug-likeness (QED) is 0.482. The van der Waals surface area contributed by atoms with Gasteiger partial charge in [0.15, 0.2) is 0 Å². The summed E-state index contributed by atoms with van der Waals surface area (Å²) in [5, 5.41) is 16.1. The molecule has 0 radical (unpaired) electrons. The Morgan fingerprint density at radius 1 is 0.885 bits per heavy atom. The predicted octanol–water partition coefficient (Wildman–Crippen LogP) is 6.22. The van der Waals surface area contributed by atoms with E-state index in [1.54, 1.807) is 0 Å². The van der Waals surface area contributed by atoms with Crippen LogP contribution in [0.4, 0.5) is 0 Å². The zero-order valence-electron chi connectivity index (χ0n) is 15.4. The summed E-state index contributed by atoms with van der Waals surface area (Å²) in [5.74, 6) is 0. The lowest BCUT2D eigenvalue weighted by Crippen LogP contribution is -2.30. The molecule has 0 saturated heterocycles. The summed E-state index contributed by atoms with van der Waals surface area (Å²) in [7, 11) is 0. The Morgan fingerprint density at radius 3 is 2.04 bits per heavy atom. The molecule has 0 aliphatic heterocycles. The number of aliphatic hydroxyl groups excluding tert-OH is 1. The number of fused-ring (bicyclic) bond motifs is 3. The van der Waals surface area contributed by atoms with Crippen LogP contribution < -0.4 is 0 Å². The van der Waals surface area contributed by atoms with E-state index in [9.17, 15) is 5.11 Å². The first-order valence-electron chi connectivity index (χ1n) is 9.14. The van der Waals surface area contributed by atoms with Crippen molar-refractivity contribution in [3.63, 3.8) is 0 Å². The standard InChI is InChI=1S/C22H26ClNO.ClH/c1-3-11-24(12-4-2)15-22(25)18-8-7-16-5-6-17-9-10-19(23)14-21(17)20(16)13-18;/h5-10,13-14,22,25H,3-4,11-12,15H2,1-2H3;1H. The Labute approximate surface area is 167 Å². The molecule has 0 amide bonds. The second kappa shape index (κ2) is 9.57. The van der Waals surface area contributed by atoms with Gasteiger partial charge in [0, 0.05) is 11.6 Å². The van der Waals surface area contributed by atoms with Crippen molar-refractivity contribution in [3.05, 3.63) is 59.1 Å². The predicted molar refractivity (Wildman–Crippen MR) is 116 cm³/mol. The fourth-order valence-corrected chi connectivity index (χ4v) is 3.70. The van der Waals surface area contributed by atoms with E-state index in [0.717, 1.165) is 47.3 Å². The first-order chi connectivity index (χ1) is 12.1. The first-order valence-corrected chi connectivity index (χ1v) is 9.52. The van der Waals surface area contributed by atoms with Crippen LogP contribution in [0.2, 0.25) is 5.02 Å². The molecule has 3 aromatic carbocycles. The van der Waals surface area contributed by atoms with E-state index < -0.39 is 6.10 Å². The normalized spacial score (nSPS) is 12.5. The molecule has 0 aliphatic rings. The van der Waals surface area contributed by atoms with Gasteiger partial charge in [-0.2, -0.15) is 0 Å². The topological polar surface area (TPSA) is 23.5 Å². The minimum atomic E-state index is -0.475. The Hall–Kier alpha value is -1.32. The molecule has 0 heterocycles. The summed E-state index contributed by atoms with van der Waals surface area (Å²) in [6, 6.07) is 16.5. The van der Waals surface area contributed by atoms with Crippen molar-refractivity contribution < 1.29 is 5.11 Å². The van der Waals surface area contributed by atoms with Crippen molar-refractivity contribution in [2.24, 2.45) is 0 Å². The van der Waals surface area contributed by atoms with Crippen LogP contribution in [0, 0.1) is 0 Å². The van der Waals surface area contributed by atoms with Crippen LogP contribution in [-0.2, 0) is 0 Å². The van der Waals surface area contributed by atoms with Crippen molar-refractivity contribution in [2.45, 2.75) is 32.8 Å². The molecule has 0 aliphatic carbocycles. The highest BCUT2D eigenvalue weighted by molar-refractivity contribution is 6.31. The van der Waals surface area contributed by atoms with E-state index in [2.05, 4.69) is 43.0 Å². The lowest BCUT2D eigenvalue weighted by molar-refractivity contribution is 0.113. The highest BCUT2D eigenvalue weighted by Crippen LogP contribution is 2.30. The molecule has 2 nitrogen and oxygen atoms in total. The van der Waals surface area contributed by atoms with E-state index in [1.165, 1.54) is 10.8 Å². The summed E-state index contributed by atoms with van der Waals surface area (Å²) >= 11 is 6.20. The molecule has 0 aromatic heterocycles. The van der Waals surface area contributed by atoms with Gasteiger partial charge in [0.2, 0.25) is 0 Å². The molecule has 140 valence electrons. The van der Waals surface area contributed by atoms with Gasteiger partial charge in [-0.3, -0.25) is 0 Å². The number of aliphatic hydroxyl groups is 1. The summed E-state index contributed by atoms with van der Waals surface area (Å²) < 4.78 is 0. The van der Waals surface area contributed by atoms with Gasteiger partial charge in [0.25, 0.3) is 0 Å². The molecule has 1 atom stereocenters. The Balaban J connectivity index is 0.00000243. The number of hydrogen-bond acceptors (Lipinski definition) is 2. The molecule has 26 heavy (non-hydrogen) atoms. The van der Waals surface area contributed by atoms with Crippen LogP contribution >= 0.6 is 24.0 Å². The molecule has 3 rings (SSSR count). The van der Waals surface area contributed by atoms with Gasteiger partial charge in [-0.25, -0.2) is 0 Å². The number of hydrogen-bond donors (Lipinski definition) is 1. The molecule has 0 saturated carbocycles. The second-order valence-corrected chi connectivity index (χ2v) is 7.16. The molecular formula is C22H27Cl2NO. The van der Waals surface area contributed by atoms with Gasteiger partial charge in [-0.15, -0.1) is 12.4 Å². The van der Waals surface area contributed by atoms with Crippen molar-refractivity contribution in [1.29, 1.82) is 0 Å². The third-order valence-corrected chi connectivity index (χ3v) is 4.96. The molecular weight excluding hydrogens is 365 g/mol. The highest BCUT2D eigenvalue weighted by Gasteiger charge is 2.14. The van der Waals surface area contributed by atoms with Crippen LogP contribution in [0.25, 0.3) is 21.5 Å². The molecule has 3 aromatic rings. The van der Waals surface area contributed by atoms with E-state index in [4.69, 9.17) is 11.6 Å². The van der Waals surface area contributed by atoms with E-state index in [0.29, 0.717) is 6.54 Å². The van der Waals surface area contributed by atoms with E-state index in [-0.39, 0.29) is 12.4 Å². The SMILES string of the molecule is CCCN(CCC)CC(O)c1ccc2ccc3ccc(Cl)cc3c2c1.Cl. The van der Waals surface area contributed by atoms with Gasteiger partial charge in [-0.05, 0) is 71.2 Å².